The molecule has 0 aliphatic carbocycles. The molecule has 0 saturated carbocycles. The molecular weight excluding hydrogens is 272 g/mol. The van der Waals surface area contributed by atoms with Crippen molar-refractivity contribution in [3.8, 4) is 17.3 Å². The molecule has 0 atom stereocenters. The molecular formula is C16H15F2N3. The van der Waals surface area contributed by atoms with Gasteiger partial charge in [0.25, 0.3) is 5.92 Å². The molecule has 3 nitrogen and oxygen atoms in total. The SMILES string of the molecule is CN(C)c1ccc(-c2nc(C(C)(F)F)ccc2C#N)cc1. The summed E-state index contributed by atoms with van der Waals surface area (Å²) in [6.45, 7) is 0.792. The van der Waals surface area contributed by atoms with Crippen LogP contribution in [0.15, 0.2) is 36.4 Å². The lowest BCUT2D eigenvalue weighted by molar-refractivity contribution is 0.0129. The monoisotopic (exact) mass is 287 g/mol. The number of nitriles is 1. The molecule has 21 heavy (non-hydrogen) atoms. The lowest BCUT2D eigenvalue weighted by Crippen LogP contribution is -2.11. The molecule has 0 N–H and O–H groups in total. The molecule has 0 saturated heterocycles. The summed E-state index contributed by atoms with van der Waals surface area (Å²) in [5.41, 5.74) is 1.84. The van der Waals surface area contributed by atoms with E-state index in [1.807, 2.05) is 37.2 Å². The lowest BCUT2D eigenvalue weighted by atomic mass is 10.0. The predicted molar refractivity (Wildman–Crippen MR) is 78.3 cm³/mol. The van der Waals surface area contributed by atoms with Gasteiger partial charge in [-0.3, -0.25) is 0 Å². The Kier molecular flexibility index (Phi) is 3.90. The summed E-state index contributed by atoms with van der Waals surface area (Å²) in [7, 11) is 3.82. The maximum Gasteiger partial charge on any atom is 0.286 e. The van der Waals surface area contributed by atoms with E-state index in [0.717, 1.165) is 12.6 Å². The Hall–Kier alpha value is -2.48. The molecule has 0 radical (unpaired) electrons. The van der Waals surface area contributed by atoms with Crippen molar-refractivity contribution in [3.05, 3.63) is 47.7 Å². The van der Waals surface area contributed by atoms with Crippen molar-refractivity contribution in [1.29, 1.82) is 5.26 Å². The number of hydrogen-bond donors (Lipinski definition) is 0. The van der Waals surface area contributed by atoms with Gasteiger partial charge in [-0.25, -0.2) is 4.98 Å². The fourth-order valence-electron chi connectivity index (χ4n) is 1.93. The van der Waals surface area contributed by atoms with Crippen molar-refractivity contribution < 1.29 is 8.78 Å². The van der Waals surface area contributed by atoms with E-state index in [0.29, 0.717) is 5.56 Å². The summed E-state index contributed by atoms with van der Waals surface area (Å²) in [6.07, 6.45) is 0. The van der Waals surface area contributed by atoms with Gasteiger partial charge in [0.05, 0.1) is 11.3 Å². The maximum atomic E-state index is 13.4. The number of hydrogen-bond acceptors (Lipinski definition) is 3. The van der Waals surface area contributed by atoms with Crippen LogP contribution < -0.4 is 4.90 Å². The fraction of sp³-hybridized carbons (Fsp3) is 0.250. The Morgan fingerprint density at radius 2 is 1.71 bits per heavy atom. The van der Waals surface area contributed by atoms with Crippen molar-refractivity contribution in [2.24, 2.45) is 0 Å². The van der Waals surface area contributed by atoms with Crippen LogP contribution in [0.3, 0.4) is 0 Å². The van der Waals surface area contributed by atoms with Gasteiger partial charge < -0.3 is 4.90 Å². The molecule has 0 spiro atoms. The van der Waals surface area contributed by atoms with Crippen molar-refractivity contribution in [2.45, 2.75) is 12.8 Å². The summed E-state index contributed by atoms with van der Waals surface area (Å²) < 4.78 is 26.8. The van der Waals surface area contributed by atoms with Crippen LogP contribution in [0.4, 0.5) is 14.5 Å². The summed E-state index contributed by atoms with van der Waals surface area (Å²) >= 11 is 0. The summed E-state index contributed by atoms with van der Waals surface area (Å²) in [5, 5.41) is 9.13. The van der Waals surface area contributed by atoms with Crippen LogP contribution in [0, 0.1) is 11.3 Å². The van der Waals surface area contributed by atoms with Gasteiger partial charge in [0.2, 0.25) is 0 Å². The third-order valence-corrected chi connectivity index (χ3v) is 3.12. The number of anilines is 1. The number of alkyl halides is 2. The van der Waals surface area contributed by atoms with Crippen molar-refractivity contribution in [2.75, 3.05) is 19.0 Å². The molecule has 0 unspecified atom stereocenters. The molecule has 108 valence electrons. The van der Waals surface area contributed by atoms with Crippen molar-refractivity contribution in [3.63, 3.8) is 0 Å². The van der Waals surface area contributed by atoms with E-state index >= 15 is 0 Å². The first kappa shape index (κ1) is 14.9. The van der Waals surface area contributed by atoms with Crippen LogP contribution in [-0.2, 0) is 5.92 Å². The maximum absolute atomic E-state index is 13.4. The molecule has 0 aliphatic heterocycles. The molecule has 2 aromatic rings. The second kappa shape index (κ2) is 5.49. The number of nitrogens with zero attached hydrogens (tertiary/aromatic N) is 3. The highest BCUT2D eigenvalue weighted by Gasteiger charge is 2.27. The van der Waals surface area contributed by atoms with Gasteiger partial charge in [-0.1, -0.05) is 12.1 Å². The number of benzene rings is 1. The van der Waals surface area contributed by atoms with Crippen molar-refractivity contribution in [1.82, 2.24) is 4.98 Å². The topological polar surface area (TPSA) is 39.9 Å². The van der Waals surface area contributed by atoms with Gasteiger partial charge in [-0.05, 0) is 24.3 Å². The first-order valence-corrected chi connectivity index (χ1v) is 6.40. The van der Waals surface area contributed by atoms with Crippen LogP contribution in [0.25, 0.3) is 11.3 Å². The molecule has 0 aliphatic rings. The summed E-state index contributed by atoms with van der Waals surface area (Å²) in [4.78, 5) is 5.90. The van der Waals surface area contributed by atoms with E-state index in [2.05, 4.69) is 4.98 Å². The van der Waals surface area contributed by atoms with Gasteiger partial charge in [-0.15, -0.1) is 0 Å². The minimum Gasteiger partial charge on any atom is -0.378 e. The zero-order chi connectivity index (χ0) is 15.6. The van der Waals surface area contributed by atoms with Crippen LogP contribution in [-0.4, -0.2) is 19.1 Å². The highest BCUT2D eigenvalue weighted by Crippen LogP contribution is 2.30. The summed E-state index contributed by atoms with van der Waals surface area (Å²) in [5.74, 6) is -3.04. The van der Waals surface area contributed by atoms with E-state index in [1.54, 1.807) is 12.1 Å². The van der Waals surface area contributed by atoms with Gasteiger partial charge in [0.15, 0.2) is 0 Å². The number of aromatic nitrogens is 1. The molecule has 1 heterocycles. The standard InChI is InChI=1S/C16H15F2N3/c1-16(17,18)14-9-6-12(10-19)15(20-14)11-4-7-13(8-5-11)21(2)3/h4-9H,1-3H3. The van der Waals surface area contributed by atoms with E-state index < -0.39 is 5.92 Å². The van der Waals surface area contributed by atoms with Gasteiger partial charge in [0.1, 0.15) is 11.8 Å². The fourth-order valence-corrected chi connectivity index (χ4v) is 1.93. The minimum atomic E-state index is -3.04. The Morgan fingerprint density at radius 1 is 1.10 bits per heavy atom. The number of halogens is 2. The largest absolute Gasteiger partial charge is 0.378 e. The molecule has 1 aromatic heterocycles. The first-order valence-electron chi connectivity index (χ1n) is 6.40. The molecule has 0 fully saturated rings. The third-order valence-electron chi connectivity index (χ3n) is 3.12. The Bertz CT molecular complexity index is 680. The highest BCUT2D eigenvalue weighted by atomic mass is 19.3. The van der Waals surface area contributed by atoms with Crippen LogP contribution >= 0.6 is 0 Å². The molecule has 0 bridgehead atoms. The Balaban J connectivity index is 2.53. The number of pyridine rings is 1. The van der Waals surface area contributed by atoms with E-state index in [9.17, 15) is 8.78 Å². The van der Waals surface area contributed by atoms with E-state index in [-0.39, 0.29) is 17.0 Å². The quantitative estimate of drug-likeness (QED) is 0.862. The second-order valence-electron chi connectivity index (χ2n) is 5.03. The molecule has 0 amide bonds. The lowest BCUT2D eigenvalue weighted by Gasteiger charge is -2.14. The molecule has 2 rings (SSSR count). The van der Waals surface area contributed by atoms with E-state index in [4.69, 9.17) is 5.26 Å². The summed E-state index contributed by atoms with van der Waals surface area (Å²) in [6, 6.07) is 11.8. The van der Waals surface area contributed by atoms with Crippen LogP contribution in [0.2, 0.25) is 0 Å². The van der Waals surface area contributed by atoms with Gasteiger partial charge in [-0.2, -0.15) is 14.0 Å². The average molecular weight is 287 g/mol. The van der Waals surface area contributed by atoms with Gasteiger partial charge in [0, 0.05) is 32.3 Å². The first-order chi connectivity index (χ1) is 9.82. The normalized spacial score (nSPS) is 11.0. The number of rotatable bonds is 3. The average Bonchev–Trinajstić information content (AvgIpc) is 2.45. The van der Waals surface area contributed by atoms with E-state index in [1.165, 1.54) is 12.1 Å². The third kappa shape index (κ3) is 3.16. The van der Waals surface area contributed by atoms with Gasteiger partial charge >= 0.3 is 0 Å². The molecule has 1 aromatic carbocycles. The van der Waals surface area contributed by atoms with Crippen molar-refractivity contribution >= 4 is 5.69 Å². The highest BCUT2D eigenvalue weighted by molar-refractivity contribution is 5.68. The Morgan fingerprint density at radius 3 is 2.19 bits per heavy atom. The smallest absolute Gasteiger partial charge is 0.286 e. The minimum absolute atomic E-state index is 0.278. The second-order valence-corrected chi connectivity index (χ2v) is 5.03. The zero-order valence-electron chi connectivity index (χ0n) is 12.1. The molecule has 5 heteroatoms. The Labute approximate surface area is 122 Å². The van der Waals surface area contributed by atoms with Crippen LogP contribution in [0.1, 0.15) is 18.2 Å². The predicted octanol–water partition coefficient (Wildman–Crippen LogP) is 3.80. The van der Waals surface area contributed by atoms with Crippen LogP contribution in [0.5, 0.6) is 0 Å². The zero-order valence-corrected chi connectivity index (χ0v) is 12.1.